The van der Waals surface area contributed by atoms with Crippen molar-refractivity contribution in [2.24, 2.45) is 0 Å². The molecule has 4 aromatic rings. The summed E-state index contributed by atoms with van der Waals surface area (Å²) in [5.74, 6) is 0.524. The first-order valence-corrected chi connectivity index (χ1v) is 11.0. The third-order valence-electron chi connectivity index (χ3n) is 5.35. The minimum atomic E-state index is -0.291. The number of pyridine rings is 1. The van der Waals surface area contributed by atoms with E-state index in [0.29, 0.717) is 27.9 Å². The second-order valence-electron chi connectivity index (χ2n) is 7.71. The molecule has 0 aliphatic heterocycles. The Kier molecular flexibility index (Phi) is 6.65. The van der Waals surface area contributed by atoms with E-state index in [1.807, 2.05) is 50.2 Å². The lowest BCUT2D eigenvalue weighted by atomic mass is 10.1. The molecule has 34 heavy (non-hydrogen) atoms. The average molecular weight is 475 g/mol. The van der Waals surface area contributed by atoms with Crippen LogP contribution >= 0.6 is 11.6 Å². The number of halogens is 1. The topological polar surface area (TPSA) is 96.1 Å². The predicted molar refractivity (Wildman–Crippen MR) is 133 cm³/mol. The van der Waals surface area contributed by atoms with Gasteiger partial charge < -0.3 is 20.4 Å². The fraction of sp³-hybridized carbons (Fsp3) is 0.115. The fourth-order valence-corrected chi connectivity index (χ4v) is 3.60. The van der Waals surface area contributed by atoms with Gasteiger partial charge >= 0.3 is 0 Å². The van der Waals surface area contributed by atoms with Crippen LogP contribution in [-0.2, 0) is 0 Å². The van der Waals surface area contributed by atoms with Crippen LogP contribution in [0, 0.1) is 13.8 Å². The first kappa shape index (κ1) is 23.1. The zero-order valence-electron chi connectivity index (χ0n) is 18.9. The number of amides is 2. The number of aromatic amines is 1. The SMILES string of the molecule is CNC(=O)c1cc(Oc2cccc(-c3c[nH]c(C(=O)Nc4ccc(C)c(Cl)c4C)c3)c2)ccn1. The van der Waals surface area contributed by atoms with E-state index in [1.165, 1.54) is 6.20 Å². The van der Waals surface area contributed by atoms with Gasteiger partial charge in [0.25, 0.3) is 11.8 Å². The third kappa shape index (κ3) is 4.94. The van der Waals surface area contributed by atoms with Crippen LogP contribution in [0.25, 0.3) is 11.1 Å². The van der Waals surface area contributed by atoms with Gasteiger partial charge in [-0.2, -0.15) is 0 Å². The lowest BCUT2D eigenvalue weighted by Gasteiger charge is -2.10. The Hall–Kier alpha value is -4.10. The second kappa shape index (κ2) is 9.80. The van der Waals surface area contributed by atoms with Crippen LogP contribution in [0.4, 0.5) is 5.69 Å². The zero-order valence-corrected chi connectivity index (χ0v) is 19.7. The van der Waals surface area contributed by atoms with Crippen LogP contribution in [0.5, 0.6) is 11.5 Å². The molecule has 0 atom stereocenters. The van der Waals surface area contributed by atoms with Gasteiger partial charge in [-0.25, -0.2) is 0 Å². The van der Waals surface area contributed by atoms with E-state index in [2.05, 4.69) is 20.6 Å². The van der Waals surface area contributed by atoms with Gasteiger partial charge in [0.2, 0.25) is 0 Å². The molecule has 0 bridgehead atoms. The lowest BCUT2D eigenvalue weighted by Crippen LogP contribution is -2.18. The molecule has 0 saturated heterocycles. The molecule has 172 valence electrons. The largest absolute Gasteiger partial charge is 0.457 e. The number of hydrogen-bond acceptors (Lipinski definition) is 4. The van der Waals surface area contributed by atoms with E-state index < -0.39 is 0 Å². The van der Waals surface area contributed by atoms with E-state index in [4.69, 9.17) is 16.3 Å². The molecule has 3 N–H and O–H groups in total. The molecule has 0 aliphatic carbocycles. The summed E-state index contributed by atoms with van der Waals surface area (Å²) in [5.41, 5.74) is 4.82. The predicted octanol–water partition coefficient (Wildman–Crippen LogP) is 5.75. The summed E-state index contributed by atoms with van der Waals surface area (Å²) in [7, 11) is 1.55. The molecule has 0 fully saturated rings. The molecule has 2 aromatic heterocycles. The average Bonchev–Trinajstić information content (AvgIpc) is 3.35. The molecule has 7 nitrogen and oxygen atoms in total. The van der Waals surface area contributed by atoms with Crippen LogP contribution in [0.2, 0.25) is 5.02 Å². The highest BCUT2D eigenvalue weighted by atomic mass is 35.5. The maximum atomic E-state index is 12.8. The number of hydrogen-bond donors (Lipinski definition) is 3. The highest BCUT2D eigenvalue weighted by molar-refractivity contribution is 6.32. The number of carbonyl (C=O) groups is 2. The Morgan fingerprint density at radius 2 is 1.76 bits per heavy atom. The summed E-state index contributed by atoms with van der Waals surface area (Å²) >= 11 is 6.31. The van der Waals surface area contributed by atoms with Gasteiger partial charge in [0, 0.05) is 41.8 Å². The number of rotatable bonds is 6. The molecule has 8 heteroatoms. The molecular formula is C26H23ClN4O3. The van der Waals surface area contributed by atoms with Gasteiger partial charge in [0.05, 0.1) is 0 Å². The number of benzene rings is 2. The summed E-state index contributed by atoms with van der Waals surface area (Å²) in [6.45, 7) is 3.79. The van der Waals surface area contributed by atoms with E-state index in [1.54, 1.807) is 31.4 Å². The molecule has 2 aromatic carbocycles. The summed E-state index contributed by atoms with van der Waals surface area (Å²) < 4.78 is 5.92. The van der Waals surface area contributed by atoms with E-state index >= 15 is 0 Å². The summed E-state index contributed by atoms with van der Waals surface area (Å²) in [5, 5.41) is 6.08. The standard InChI is InChI=1S/C26H23ClN4O3/c1-15-7-8-21(16(2)24(15)27)31-26(33)22-12-18(14-30-22)17-5-4-6-19(11-17)34-20-9-10-29-23(13-20)25(32)28-3/h4-14,30H,1-3H3,(H,28,32)(H,31,33). The molecule has 0 aliphatic rings. The first-order valence-electron chi connectivity index (χ1n) is 10.6. The number of ether oxygens (including phenoxy) is 1. The van der Waals surface area contributed by atoms with Crippen molar-refractivity contribution in [3.63, 3.8) is 0 Å². The zero-order chi connectivity index (χ0) is 24.2. The Labute approximate surface area is 202 Å². The van der Waals surface area contributed by atoms with Crippen LogP contribution in [0.1, 0.15) is 32.1 Å². The van der Waals surface area contributed by atoms with Crippen molar-refractivity contribution in [1.82, 2.24) is 15.3 Å². The summed E-state index contributed by atoms with van der Waals surface area (Å²) in [4.78, 5) is 31.7. The van der Waals surface area contributed by atoms with Gasteiger partial charge in [0.1, 0.15) is 22.9 Å². The molecule has 2 heterocycles. The Bertz CT molecular complexity index is 1380. The molecule has 2 amide bonds. The van der Waals surface area contributed by atoms with Crippen LogP contribution in [-0.4, -0.2) is 28.8 Å². The minimum absolute atomic E-state index is 0.264. The highest BCUT2D eigenvalue weighted by Crippen LogP contribution is 2.29. The second-order valence-corrected chi connectivity index (χ2v) is 8.09. The number of aryl methyl sites for hydroxylation is 1. The van der Waals surface area contributed by atoms with Crippen molar-refractivity contribution in [3.05, 3.63) is 94.5 Å². The number of nitrogens with one attached hydrogen (secondary N) is 3. The number of carbonyl (C=O) groups excluding carboxylic acids is 2. The van der Waals surface area contributed by atoms with Crippen LogP contribution < -0.4 is 15.4 Å². The number of H-pyrrole nitrogens is 1. The van der Waals surface area contributed by atoms with Crippen molar-refractivity contribution >= 4 is 29.1 Å². The maximum Gasteiger partial charge on any atom is 0.272 e. The maximum absolute atomic E-state index is 12.8. The molecule has 0 radical (unpaired) electrons. The van der Waals surface area contributed by atoms with Gasteiger partial charge in [-0.3, -0.25) is 14.6 Å². The van der Waals surface area contributed by atoms with Gasteiger partial charge in [-0.1, -0.05) is 29.8 Å². The smallest absolute Gasteiger partial charge is 0.272 e. The Balaban J connectivity index is 1.51. The van der Waals surface area contributed by atoms with Crippen molar-refractivity contribution in [3.8, 4) is 22.6 Å². The summed E-state index contributed by atoms with van der Waals surface area (Å²) in [6.07, 6.45) is 3.28. The van der Waals surface area contributed by atoms with E-state index in [9.17, 15) is 9.59 Å². The van der Waals surface area contributed by atoms with Crippen molar-refractivity contribution < 1.29 is 14.3 Å². The van der Waals surface area contributed by atoms with E-state index in [0.717, 1.165) is 22.3 Å². The quantitative estimate of drug-likeness (QED) is 0.331. The van der Waals surface area contributed by atoms with Crippen molar-refractivity contribution in [1.29, 1.82) is 0 Å². The minimum Gasteiger partial charge on any atom is -0.457 e. The lowest BCUT2D eigenvalue weighted by molar-refractivity contribution is 0.0957. The Morgan fingerprint density at radius 1 is 0.971 bits per heavy atom. The molecule has 0 spiro atoms. The molecule has 0 saturated carbocycles. The Morgan fingerprint density at radius 3 is 2.56 bits per heavy atom. The van der Waals surface area contributed by atoms with Gasteiger partial charge in [-0.15, -0.1) is 0 Å². The van der Waals surface area contributed by atoms with E-state index in [-0.39, 0.29) is 17.5 Å². The summed E-state index contributed by atoms with van der Waals surface area (Å²) in [6, 6.07) is 16.2. The van der Waals surface area contributed by atoms with Crippen molar-refractivity contribution in [2.45, 2.75) is 13.8 Å². The van der Waals surface area contributed by atoms with Crippen molar-refractivity contribution in [2.75, 3.05) is 12.4 Å². The van der Waals surface area contributed by atoms with Gasteiger partial charge in [-0.05, 0) is 60.9 Å². The molecular weight excluding hydrogens is 452 g/mol. The molecule has 0 unspecified atom stereocenters. The fourth-order valence-electron chi connectivity index (χ4n) is 3.44. The van der Waals surface area contributed by atoms with Crippen LogP contribution in [0.15, 0.2) is 67.0 Å². The highest BCUT2D eigenvalue weighted by Gasteiger charge is 2.14. The van der Waals surface area contributed by atoms with Gasteiger partial charge in [0.15, 0.2) is 0 Å². The van der Waals surface area contributed by atoms with Crippen LogP contribution in [0.3, 0.4) is 0 Å². The number of anilines is 1. The first-order chi connectivity index (χ1) is 16.4. The molecule has 4 rings (SSSR count). The number of nitrogens with zero attached hydrogens (tertiary/aromatic N) is 1. The number of aromatic nitrogens is 2. The normalized spacial score (nSPS) is 10.6. The monoisotopic (exact) mass is 474 g/mol. The third-order valence-corrected chi connectivity index (χ3v) is 5.93.